The zero-order valence-electron chi connectivity index (χ0n) is 19.0. The number of nitrogens with two attached hydrogens (primary N) is 1. The number of guanidine groups is 1. The Labute approximate surface area is 188 Å². The standard InChI is InChI=1S/C25H30N4O3/c1-27-15-16-6-5-7-17(10-16)18-8-9-19-12-24(13-21(30-3)22(14-24)31-4)25(20(19)11-18)28-23(26)29(2)32-25/h5-11,15,21-22H,12-14H2,1-4H3,(H2,26,28). The molecule has 7 heteroatoms. The van der Waals surface area contributed by atoms with E-state index in [0.717, 1.165) is 41.5 Å². The second kappa shape index (κ2) is 7.69. The number of hydroxylamine groups is 2. The van der Waals surface area contributed by atoms with Gasteiger partial charge in [-0.3, -0.25) is 4.99 Å². The maximum Gasteiger partial charge on any atom is 0.220 e. The Bertz CT molecular complexity index is 1090. The number of hydrogen-bond acceptors (Lipinski definition) is 7. The van der Waals surface area contributed by atoms with Crippen molar-refractivity contribution in [2.75, 3.05) is 28.3 Å². The molecule has 0 saturated heterocycles. The molecule has 1 aliphatic heterocycles. The van der Waals surface area contributed by atoms with E-state index in [1.807, 2.05) is 13.3 Å². The van der Waals surface area contributed by atoms with Crippen molar-refractivity contribution < 1.29 is 14.3 Å². The lowest BCUT2D eigenvalue weighted by Gasteiger charge is -2.38. The summed E-state index contributed by atoms with van der Waals surface area (Å²) in [6.45, 7) is 0. The summed E-state index contributed by atoms with van der Waals surface area (Å²) >= 11 is 0. The van der Waals surface area contributed by atoms with Crippen LogP contribution in [0.4, 0.5) is 0 Å². The van der Waals surface area contributed by atoms with Crippen LogP contribution in [-0.2, 0) is 26.5 Å². The second-order valence-electron chi connectivity index (χ2n) is 9.00. The minimum absolute atomic E-state index is 0.0124. The molecular weight excluding hydrogens is 404 g/mol. The summed E-state index contributed by atoms with van der Waals surface area (Å²) in [5, 5.41) is 1.59. The summed E-state index contributed by atoms with van der Waals surface area (Å²) in [4.78, 5) is 15.6. The summed E-state index contributed by atoms with van der Waals surface area (Å²) < 4.78 is 11.6. The van der Waals surface area contributed by atoms with Gasteiger partial charge in [0.1, 0.15) is 0 Å². The fourth-order valence-corrected chi connectivity index (χ4v) is 5.77. The van der Waals surface area contributed by atoms with E-state index in [1.54, 1.807) is 26.3 Å². The van der Waals surface area contributed by atoms with Gasteiger partial charge in [0.25, 0.3) is 0 Å². The predicted molar refractivity (Wildman–Crippen MR) is 125 cm³/mol. The first-order chi connectivity index (χ1) is 15.4. The third kappa shape index (κ3) is 2.99. The molecule has 2 N–H and O–H groups in total. The maximum absolute atomic E-state index is 6.50. The third-order valence-corrected chi connectivity index (χ3v) is 7.29. The number of hydrogen-bond donors (Lipinski definition) is 1. The van der Waals surface area contributed by atoms with Crippen LogP contribution in [0.25, 0.3) is 11.1 Å². The Morgan fingerprint density at radius 2 is 1.84 bits per heavy atom. The minimum Gasteiger partial charge on any atom is -0.379 e. The molecule has 0 aromatic heterocycles. The normalized spacial score (nSPS) is 31.2. The van der Waals surface area contributed by atoms with Gasteiger partial charge in [0.05, 0.1) is 12.2 Å². The molecule has 5 rings (SSSR count). The third-order valence-electron chi connectivity index (χ3n) is 7.29. The van der Waals surface area contributed by atoms with Crippen molar-refractivity contribution in [2.24, 2.45) is 21.1 Å². The van der Waals surface area contributed by atoms with E-state index in [0.29, 0.717) is 5.96 Å². The Morgan fingerprint density at radius 1 is 1.12 bits per heavy atom. The molecule has 1 heterocycles. The van der Waals surface area contributed by atoms with E-state index in [4.69, 9.17) is 25.0 Å². The Morgan fingerprint density at radius 3 is 2.47 bits per heavy atom. The number of methoxy groups -OCH3 is 2. The van der Waals surface area contributed by atoms with Gasteiger partial charge < -0.3 is 15.2 Å². The van der Waals surface area contributed by atoms with Gasteiger partial charge in [0.15, 0.2) is 0 Å². The van der Waals surface area contributed by atoms with Crippen molar-refractivity contribution in [2.45, 2.75) is 37.2 Å². The largest absolute Gasteiger partial charge is 0.379 e. The van der Waals surface area contributed by atoms with E-state index in [1.165, 1.54) is 5.56 Å². The molecule has 3 aliphatic rings. The first kappa shape index (κ1) is 21.1. The average molecular weight is 435 g/mol. The molecule has 3 unspecified atom stereocenters. The molecule has 7 nitrogen and oxygen atoms in total. The minimum atomic E-state index is -0.885. The monoisotopic (exact) mass is 434 g/mol. The van der Waals surface area contributed by atoms with Gasteiger partial charge in [-0.05, 0) is 53.6 Å². The summed E-state index contributed by atoms with van der Waals surface area (Å²) in [7, 11) is 7.08. The Kier molecular flexibility index (Phi) is 5.08. The van der Waals surface area contributed by atoms with Gasteiger partial charge >= 0.3 is 0 Å². The molecule has 1 fully saturated rings. The van der Waals surface area contributed by atoms with Gasteiger partial charge in [-0.15, -0.1) is 0 Å². The number of rotatable bonds is 4. The molecule has 0 radical (unpaired) electrons. The lowest BCUT2D eigenvalue weighted by atomic mass is 9.76. The topological polar surface area (TPSA) is 81.7 Å². The van der Waals surface area contributed by atoms with Crippen LogP contribution in [0.2, 0.25) is 0 Å². The maximum atomic E-state index is 6.50. The second-order valence-corrected chi connectivity index (χ2v) is 9.00. The number of ether oxygens (including phenoxy) is 2. The molecular formula is C25H30N4O3. The molecule has 2 aromatic rings. The van der Waals surface area contributed by atoms with Crippen LogP contribution >= 0.6 is 0 Å². The first-order valence-electron chi connectivity index (χ1n) is 10.9. The summed E-state index contributed by atoms with van der Waals surface area (Å²) in [6, 6.07) is 15.0. The van der Waals surface area contributed by atoms with E-state index >= 15 is 0 Å². The molecule has 2 spiro atoms. The van der Waals surface area contributed by atoms with Crippen molar-refractivity contribution in [1.82, 2.24) is 5.06 Å². The molecule has 3 atom stereocenters. The first-order valence-corrected chi connectivity index (χ1v) is 10.9. The van der Waals surface area contributed by atoms with Crippen molar-refractivity contribution in [3.05, 3.63) is 59.2 Å². The van der Waals surface area contributed by atoms with E-state index < -0.39 is 5.72 Å². The smallest absolute Gasteiger partial charge is 0.220 e. The highest BCUT2D eigenvalue weighted by Gasteiger charge is 2.67. The molecule has 168 valence electrons. The molecule has 32 heavy (non-hydrogen) atoms. The highest BCUT2D eigenvalue weighted by atomic mass is 16.7. The molecule has 2 aromatic carbocycles. The lowest BCUT2D eigenvalue weighted by Crippen LogP contribution is -2.42. The Hall–Kier alpha value is -2.74. The van der Waals surface area contributed by atoms with Crippen molar-refractivity contribution in [3.8, 4) is 11.1 Å². The fourth-order valence-electron chi connectivity index (χ4n) is 5.77. The van der Waals surface area contributed by atoms with Crippen LogP contribution in [0.15, 0.2) is 52.4 Å². The van der Waals surface area contributed by atoms with Crippen LogP contribution in [0.5, 0.6) is 0 Å². The number of aliphatic imine (C=N–C) groups is 2. The highest BCUT2D eigenvalue weighted by Crippen LogP contribution is 2.63. The molecule has 1 saturated carbocycles. The molecule has 0 bridgehead atoms. The van der Waals surface area contributed by atoms with E-state index in [-0.39, 0.29) is 17.6 Å². The molecule has 2 aliphatic carbocycles. The molecule has 0 amide bonds. The Balaban J connectivity index is 1.64. The SMILES string of the molecule is CN=Cc1cccc(-c2ccc3c(c2)C2(N=C(N)N(C)O2)C2(C3)CC(OC)C(OC)C2)c1. The lowest BCUT2D eigenvalue weighted by molar-refractivity contribution is -0.222. The van der Waals surface area contributed by atoms with E-state index in [9.17, 15) is 0 Å². The van der Waals surface area contributed by atoms with Crippen LogP contribution in [0.1, 0.15) is 29.5 Å². The summed E-state index contributed by atoms with van der Waals surface area (Å²) in [6.07, 6.45) is 4.26. The van der Waals surface area contributed by atoms with Crippen LogP contribution in [0, 0.1) is 5.41 Å². The fraction of sp³-hybridized carbons (Fsp3) is 0.440. The number of nitrogens with zero attached hydrogens (tertiary/aromatic N) is 3. The van der Waals surface area contributed by atoms with Crippen LogP contribution in [-0.4, -0.2) is 57.8 Å². The van der Waals surface area contributed by atoms with Gasteiger partial charge in [-0.25, -0.2) is 14.9 Å². The van der Waals surface area contributed by atoms with Crippen LogP contribution < -0.4 is 5.73 Å². The van der Waals surface area contributed by atoms with Gasteiger partial charge in [0, 0.05) is 45.5 Å². The van der Waals surface area contributed by atoms with Gasteiger partial charge in [-0.1, -0.05) is 30.3 Å². The summed E-state index contributed by atoms with van der Waals surface area (Å²) in [5.41, 5.74) is 10.7. The number of benzene rings is 2. The quantitative estimate of drug-likeness (QED) is 0.748. The van der Waals surface area contributed by atoms with Gasteiger partial charge in [0.2, 0.25) is 11.7 Å². The van der Waals surface area contributed by atoms with Crippen molar-refractivity contribution in [1.29, 1.82) is 0 Å². The van der Waals surface area contributed by atoms with Gasteiger partial charge in [-0.2, -0.15) is 0 Å². The average Bonchev–Trinajstić information content (AvgIpc) is 3.40. The van der Waals surface area contributed by atoms with Crippen molar-refractivity contribution >= 4 is 12.2 Å². The predicted octanol–water partition coefficient (Wildman–Crippen LogP) is 3.11. The highest BCUT2D eigenvalue weighted by molar-refractivity contribution is 5.83. The van der Waals surface area contributed by atoms with Crippen molar-refractivity contribution in [3.63, 3.8) is 0 Å². The summed E-state index contributed by atoms with van der Waals surface area (Å²) in [5.74, 6) is 0.388. The zero-order valence-corrected chi connectivity index (χ0v) is 19.0. The zero-order chi connectivity index (χ0) is 22.5. The number of fused-ring (bicyclic) bond motifs is 3. The van der Waals surface area contributed by atoms with E-state index in [2.05, 4.69) is 47.5 Å². The van der Waals surface area contributed by atoms with Crippen LogP contribution in [0.3, 0.4) is 0 Å².